The van der Waals surface area contributed by atoms with Gasteiger partial charge < -0.3 is 19.5 Å². The summed E-state index contributed by atoms with van der Waals surface area (Å²) in [5.74, 6) is 0.951. The second-order valence-electron chi connectivity index (χ2n) is 8.23. The van der Waals surface area contributed by atoms with Crippen LogP contribution in [0.4, 0.5) is 0 Å². The Morgan fingerprint density at radius 1 is 1.09 bits per heavy atom. The second-order valence-corrected chi connectivity index (χ2v) is 8.23. The van der Waals surface area contributed by atoms with E-state index >= 15 is 0 Å². The molecule has 0 saturated carbocycles. The van der Waals surface area contributed by atoms with Crippen molar-refractivity contribution >= 4 is 16.8 Å². The summed E-state index contributed by atoms with van der Waals surface area (Å²) in [6, 6.07) is 12.4. The number of carbonyl (C=O) groups excluding carboxylic acids is 1. The fraction of sp³-hybridized carbons (Fsp3) is 0.400. The number of fused-ring (bicyclic) bond motifs is 1. The van der Waals surface area contributed by atoms with Gasteiger partial charge in [-0.3, -0.25) is 18.7 Å². The molecule has 1 aliphatic heterocycles. The van der Waals surface area contributed by atoms with Gasteiger partial charge in [-0.1, -0.05) is 18.2 Å². The highest BCUT2D eigenvalue weighted by atomic mass is 16.5. The lowest BCUT2D eigenvalue weighted by Crippen LogP contribution is -2.44. The van der Waals surface area contributed by atoms with E-state index in [1.165, 1.54) is 9.13 Å². The van der Waals surface area contributed by atoms with Crippen molar-refractivity contribution in [3.63, 3.8) is 0 Å². The van der Waals surface area contributed by atoms with Gasteiger partial charge >= 0.3 is 5.69 Å². The van der Waals surface area contributed by atoms with E-state index in [4.69, 9.17) is 14.2 Å². The normalized spacial score (nSPS) is 15.4. The lowest BCUT2D eigenvalue weighted by molar-refractivity contribution is -0.121. The molecule has 0 bridgehead atoms. The van der Waals surface area contributed by atoms with Crippen molar-refractivity contribution < 1.29 is 19.0 Å². The van der Waals surface area contributed by atoms with Gasteiger partial charge in [0, 0.05) is 13.2 Å². The molecular weight excluding hydrogens is 438 g/mol. The molecule has 9 heteroatoms. The highest BCUT2D eigenvalue weighted by molar-refractivity contribution is 5.81. The first-order valence-electron chi connectivity index (χ1n) is 11.3. The van der Waals surface area contributed by atoms with Crippen LogP contribution in [0.25, 0.3) is 10.9 Å². The fourth-order valence-electron chi connectivity index (χ4n) is 4.26. The molecule has 0 spiro atoms. The fourth-order valence-corrected chi connectivity index (χ4v) is 4.26. The summed E-state index contributed by atoms with van der Waals surface area (Å²) >= 11 is 0. The molecule has 2 aromatic carbocycles. The van der Waals surface area contributed by atoms with Crippen molar-refractivity contribution in [3.8, 4) is 11.5 Å². The minimum atomic E-state index is -0.505. The monoisotopic (exact) mass is 467 g/mol. The summed E-state index contributed by atoms with van der Waals surface area (Å²) in [5, 5.41) is 3.26. The minimum Gasteiger partial charge on any atom is -0.493 e. The van der Waals surface area contributed by atoms with Crippen molar-refractivity contribution in [2.24, 2.45) is 0 Å². The van der Waals surface area contributed by atoms with E-state index in [2.05, 4.69) is 5.32 Å². The molecule has 0 radical (unpaired) electrons. The third-order valence-corrected chi connectivity index (χ3v) is 6.03. The molecule has 3 aromatic rings. The van der Waals surface area contributed by atoms with Crippen LogP contribution in [0.1, 0.15) is 18.4 Å². The third kappa shape index (κ3) is 4.99. The van der Waals surface area contributed by atoms with Crippen LogP contribution in [-0.4, -0.2) is 48.5 Å². The Labute approximate surface area is 196 Å². The molecule has 1 amide bonds. The molecule has 1 saturated heterocycles. The molecule has 1 fully saturated rings. The van der Waals surface area contributed by atoms with Gasteiger partial charge in [-0.15, -0.1) is 0 Å². The number of methoxy groups -OCH3 is 2. The number of hydrogen-bond acceptors (Lipinski definition) is 6. The molecule has 1 N–H and O–H groups in total. The quantitative estimate of drug-likeness (QED) is 0.514. The zero-order chi connectivity index (χ0) is 24.1. The molecule has 34 heavy (non-hydrogen) atoms. The number of aromatic nitrogens is 2. The number of hydrogen-bond donors (Lipinski definition) is 1. The highest BCUT2D eigenvalue weighted by Crippen LogP contribution is 2.27. The van der Waals surface area contributed by atoms with Crippen LogP contribution in [0, 0.1) is 0 Å². The molecule has 2 heterocycles. The first-order chi connectivity index (χ1) is 16.5. The van der Waals surface area contributed by atoms with Gasteiger partial charge in [0.15, 0.2) is 11.5 Å². The predicted octanol–water partition coefficient (Wildman–Crippen LogP) is 1.72. The lowest BCUT2D eigenvalue weighted by Gasteiger charge is -2.16. The van der Waals surface area contributed by atoms with Gasteiger partial charge in [-0.25, -0.2) is 4.79 Å². The van der Waals surface area contributed by atoms with Crippen molar-refractivity contribution in [2.45, 2.75) is 38.5 Å². The van der Waals surface area contributed by atoms with E-state index in [0.717, 1.165) is 18.4 Å². The molecule has 4 rings (SSSR count). The van der Waals surface area contributed by atoms with E-state index in [9.17, 15) is 14.4 Å². The van der Waals surface area contributed by atoms with E-state index in [-0.39, 0.29) is 30.7 Å². The summed E-state index contributed by atoms with van der Waals surface area (Å²) < 4.78 is 18.7. The molecule has 0 unspecified atom stereocenters. The highest BCUT2D eigenvalue weighted by Gasteiger charge is 2.21. The van der Waals surface area contributed by atoms with E-state index in [1.807, 2.05) is 18.2 Å². The summed E-state index contributed by atoms with van der Waals surface area (Å²) in [6.07, 6.45) is 2.12. The average Bonchev–Trinajstić information content (AvgIpc) is 3.37. The van der Waals surface area contributed by atoms with Gasteiger partial charge in [0.05, 0.1) is 37.8 Å². The molecule has 1 aromatic heterocycles. The molecule has 9 nitrogen and oxygen atoms in total. The van der Waals surface area contributed by atoms with E-state index in [1.54, 1.807) is 38.5 Å². The first-order valence-corrected chi connectivity index (χ1v) is 11.3. The van der Waals surface area contributed by atoms with Crippen LogP contribution in [0.3, 0.4) is 0 Å². The van der Waals surface area contributed by atoms with Crippen molar-refractivity contribution in [1.29, 1.82) is 0 Å². The number of benzene rings is 2. The van der Waals surface area contributed by atoms with Crippen LogP contribution in [0.2, 0.25) is 0 Å². The Balaban J connectivity index is 1.50. The Bertz CT molecular complexity index is 1290. The van der Waals surface area contributed by atoms with Crippen molar-refractivity contribution in [3.05, 3.63) is 68.9 Å². The van der Waals surface area contributed by atoms with Gasteiger partial charge in [-0.05, 0) is 49.1 Å². The van der Waals surface area contributed by atoms with Crippen molar-refractivity contribution in [1.82, 2.24) is 14.5 Å². The lowest BCUT2D eigenvalue weighted by atomic mass is 10.1. The SMILES string of the molecule is COc1ccc(CCNC(=O)Cn2c(=O)n(C[C@H]3CCCO3)c(=O)c3ccccc32)cc1OC. The Kier molecular flexibility index (Phi) is 7.32. The van der Waals surface area contributed by atoms with Crippen LogP contribution in [0.5, 0.6) is 11.5 Å². The first kappa shape index (κ1) is 23.6. The Hall–Kier alpha value is -3.59. The number of ether oxygens (including phenoxy) is 3. The summed E-state index contributed by atoms with van der Waals surface area (Å²) in [4.78, 5) is 38.9. The maximum atomic E-state index is 13.2. The minimum absolute atomic E-state index is 0.171. The van der Waals surface area contributed by atoms with Gasteiger partial charge in [0.2, 0.25) is 5.91 Å². The molecule has 180 valence electrons. The van der Waals surface area contributed by atoms with Crippen molar-refractivity contribution in [2.75, 3.05) is 27.4 Å². The van der Waals surface area contributed by atoms with Crippen LogP contribution in [0.15, 0.2) is 52.1 Å². The van der Waals surface area contributed by atoms with Gasteiger partial charge in [0.1, 0.15) is 6.54 Å². The number of carbonyl (C=O) groups is 1. The van der Waals surface area contributed by atoms with E-state index in [0.29, 0.717) is 42.0 Å². The maximum absolute atomic E-state index is 13.2. The number of amides is 1. The standard InChI is InChI=1S/C25H29N3O6/c1-32-21-10-9-17(14-22(21)33-2)11-12-26-23(29)16-27-20-8-4-3-7-19(20)24(30)28(25(27)31)15-18-6-5-13-34-18/h3-4,7-10,14,18H,5-6,11-13,15-16H2,1-2H3,(H,26,29)/t18-/m1/s1. The summed E-state index contributed by atoms with van der Waals surface area (Å²) in [7, 11) is 3.15. The molecule has 0 aliphatic carbocycles. The largest absolute Gasteiger partial charge is 0.493 e. The zero-order valence-electron chi connectivity index (χ0n) is 19.4. The smallest absolute Gasteiger partial charge is 0.332 e. The Morgan fingerprint density at radius 2 is 1.88 bits per heavy atom. The van der Waals surface area contributed by atoms with E-state index < -0.39 is 5.69 Å². The molecular formula is C25H29N3O6. The summed E-state index contributed by atoms with van der Waals surface area (Å²) in [5.41, 5.74) is 0.553. The average molecular weight is 468 g/mol. The third-order valence-electron chi connectivity index (χ3n) is 6.03. The molecule has 1 atom stereocenters. The van der Waals surface area contributed by atoms with Gasteiger partial charge in [-0.2, -0.15) is 0 Å². The second kappa shape index (κ2) is 10.6. The number of rotatable bonds is 9. The topological polar surface area (TPSA) is 101 Å². The number of nitrogens with one attached hydrogen (secondary N) is 1. The van der Waals surface area contributed by atoms with Crippen LogP contribution < -0.4 is 26.0 Å². The van der Waals surface area contributed by atoms with Gasteiger partial charge in [0.25, 0.3) is 5.56 Å². The van der Waals surface area contributed by atoms with Crippen LogP contribution in [-0.2, 0) is 29.0 Å². The Morgan fingerprint density at radius 3 is 2.62 bits per heavy atom. The maximum Gasteiger partial charge on any atom is 0.332 e. The summed E-state index contributed by atoms with van der Waals surface area (Å²) in [6.45, 7) is 1.01. The zero-order valence-corrected chi connectivity index (χ0v) is 19.4. The number of para-hydroxylation sites is 1. The molecule has 1 aliphatic rings. The van der Waals surface area contributed by atoms with Crippen LogP contribution >= 0.6 is 0 Å². The predicted molar refractivity (Wildman–Crippen MR) is 128 cm³/mol. The number of nitrogens with zero attached hydrogens (tertiary/aromatic N) is 2.